The molecule has 8 heteroatoms. The molecule has 1 aromatic carbocycles. The van der Waals surface area contributed by atoms with Gasteiger partial charge >= 0.3 is 5.97 Å². The minimum Gasteiger partial charge on any atom is -0.480 e. The highest BCUT2D eigenvalue weighted by Crippen LogP contribution is 2.22. The lowest BCUT2D eigenvalue weighted by atomic mass is 10.3. The second-order valence-corrected chi connectivity index (χ2v) is 4.80. The first-order valence-electron chi connectivity index (χ1n) is 5.71. The van der Waals surface area contributed by atoms with Gasteiger partial charge in [-0.25, -0.2) is 9.78 Å². The average molecular weight is 296 g/mol. The maximum Gasteiger partial charge on any atom is 0.328 e. The number of aliphatic carboxylic acids is 1. The smallest absolute Gasteiger partial charge is 0.328 e. The average Bonchev–Trinajstić information content (AvgIpc) is 2.85. The number of amides is 1. The van der Waals surface area contributed by atoms with Gasteiger partial charge in [-0.1, -0.05) is 23.9 Å². The van der Waals surface area contributed by atoms with E-state index in [-0.39, 0.29) is 5.75 Å². The third-order valence-electron chi connectivity index (χ3n) is 2.42. The number of aliphatic hydroxyl groups excluding tert-OH is 1. The standard InChI is InChI=1S/C12H12N2O5S/c15-5-8(11(17)18)13-10(16)6-20-12-14-7-3-1-2-4-9(7)19-12/h1-4,8,15H,5-6H2,(H,13,16)(H,17,18)/t8-/m1/s1. The zero-order valence-corrected chi connectivity index (χ0v) is 11.1. The summed E-state index contributed by atoms with van der Waals surface area (Å²) in [5.74, 6) is -1.84. The van der Waals surface area contributed by atoms with E-state index in [0.717, 1.165) is 11.8 Å². The van der Waals surface area contributed by atoms with Gasteiger partial charge in [0.25, 0.3) is 5.22 Å². The van der Waals surface area contributed by atoms with Crippen LogP contribution in [-0.2, 0) is 9.59 Å². The van der Waals surface area contributed by atoms with Gasteiger partial charge in [0.05, 0.1) is 12.4 Å². The Hall–Kier alpha value is -2.06. The Balaban J connectivity index is 1.91. The molecule has 2 rings (SSSR count). The van der Waals surface area contributed by atoms with Gasteiger partial charge in [-0.3, -0.25) is 4.79 Å². The topological polar surface area (TPSA) is 113 Å². The molecule has 0 radical (unpaired) electrons. The molecule has 1 aromatic heterocycles. The van der Waals surface area contributed by atoms with Crippen LogP contribution in [0, 0.1) is 0 Å². The third kappa shape index (κ3) is 3.49. The number of nitrogens with zero attached hydrogens (tertiary/aromatic N) is 1. The van der Waals surface area contributed by atoms with Crippen molar-refractivity contribution in [2.24, 2.45) is 0 Å². The summed E-state index contributed by atoms with van der Waals surface area (Å²) in [6, 6.07) is 5.89. The molecule has 106 valence electrons. The largest absolute Gasteiger partial charge is 0.480 e. The minimum absolute atomic E-state index is 0.0450. The van der Waals surface area contributed by atoms with Gasteiger partial charge in [-0.2, -0.15) is 0 Å². The maximum atomic E-state index is 11.5. The normalized spacial score (nSPS) is 12.2. The van der Waals surface area contributed by atoms with Gasteiger partial charge in [-0.15, -0.1) is 0 Å². The van der Waals surface area contributed by atoms with Crippen LogP contribution in [0.4, 0.5) is 0 Å². The number of fused-ring (bicyclic) bond motifs is 1. The molecular weight excluding hydrogens is 284 g/mol. The summed E-state index contributed by atoms with van der Waals surface area (Å²) in [4.78, 5) is 26.3. The summed E-state index contributed by atoms with van der Waals surface area (Å²) in [6.07, 6.45) is 0. The van der Waals surface area contributed by atoms with E-state index < -0.39 is 24.5 Å². The molecule has 0 aliphatic rings. The van der Waals surface area contributed by atoms with Crippen molar-refractivity contribution in [1.82, 2.24) is 10.3 Å². The number of aliphatic hydroxyl groups is 1. The lowest BCUT2D eigenvalue weighted by Crippen LogP contribution is -2.44. The SMILES string of the molecule is O=C(CSc1nc2ccccc2o1)N[C@H](CO)C(=O)O. The molecule has 1 amide bonds. The van der Waals surface area contributed by atoms with Crippen LogP contribution < -0.4 is 5.32 Å². The number of rotatable bonds is 6. The maximum absolute atomic E-state index is 11.5. The number of oxazole rings is 1. The van der Waals surface area contributed by atoms with Crippen LogP contribution in [0.15, 0.2) is 33.9 Å². The Kier molecular flexibility index (Phi) is 4.59. The third-order valence-corrected chi connectivity index (χ3v) is 3.24. The van der Waals surface area contributed by atoms with Crippen molar-refractivity contribution >= 4 is 34.7 Å². The van der Waals surface area contributed by atoms with Crippen molar-refractivity contribution in [1.29, 1.82) is 0 Å². The first-order chi connectivity index (χ1) is 9.60. The highest BCUT2D eigenvalue weighted by molar-refractivity contribution is 7.99. The van der Waals surface area contributed by atoms with Crippen molar-refractivity contribution in [2.75, 3.05) is 12.4 Å². The molecule has 1 atom stereocenters. The molecule has 1 heterocycles. The van der Waals surface area contributed by atoms with Crippen molar-refractivity contribution < 1.29 is 24.2 Å². The molecule has 0 bridgehead atoms. The number of hydrogen-bond acceptors (Lipinski definition) is 6. The van der Waals surface area contributed by atoms with E-state index in [1.807, 2.05) is 12.1 Å². The lowest BCUT2D eigenvalue weighted by molar-refractivity contribution is -0.142. The summed E-state index contributed by atoms with van der Waals surface area (Å²) < 4.78 is 5.40. The fourth-order valence-corrected chi connectivity index (χ4v) is 2.11. The van der Waals surface area contributed by atoms with Crippen LogP contribution in [-0.4, -0.2) is 45.5 Å². The zero-order chi connectivity index (χ0) is 14.5. The number of aromatic nitrogens is 1. The van der Waals surface area contributed by atoms with E-state index in [4.69, 9.17) is 14.6 Å². The molecule has 2 aromatic rings. The van der Waals surface area contributed by atoms with Crippen molar-refractivity contribution in [3.05, 3.63) is 24.3 Å². The van der Waals surface area contributed by atoms with E-state index >= 15 is 0 Å². The Morgan fingerprint density at radius 1 is 1.40 bits per heavy atom. The lowest BCUT2D eigenvalue weighted by Gasteiger charge is -2.10. The number of para-hydroxylation sites is 2. The molecule has 0 aliphatic heterocycles. The number of benzene rings is 1. The zero-order valence-electron chi connectivity index (χ0n) is 10.3. The van der Waals surface area contributed by atoms with Gasteiger partial charge in [0.1, 0.15) is 11.6 Å². The Morgan fingerprint density at radius 3 is 2.80 bits per heavy atom. The Morgan fingerprint density at radius 2 is 2.15 bits per heavy atom. The number of thioether (sulfide) groups is 1. The number of carbonyl (C=O) groups excluding carboxylic acids is 1. The molecule has 0 saturated heterocycles. The number of carboxylic acid groups (broad SMARTS) is 1. The first-order valence-corrected chi connectivity index (χ1v) is 6.70. The molecule has 20 heavy (non-hydrogen) atoms. The van der Waals surface area contributed by atoms with Crippen molar-refractivity contribution in [2.45, 2.75) is 11.3 Å². The second kappa shape index (κ2) is 6.40. The van der Waals surface area contributed by atoms with E-state index in [2.05, 4.69) is 10.3 Å². The van der Waals surface area contributed by atoms with E-state index in [0.29, 0.717) is 16.3 Å². The minimum atomic E-state index is -1.30. The van der Waals surface area contributed by atoms with Crippen molar-refractivity contribution in [3.8, 4) is 0 Å². The van der Waals surface area contributed by atoms with Crippen LogP contribution >= 0.6 is 11.8 Å². The van der Waals surface area contributed by atoms with Crippen LogP contribution in [0.1, 0.15) is 0 Å². The highest BCUT2D eigenvalue weighted by Gasteiger charge is 2.19. The van der Waals surface area contributed by atoms with Crippen LogP contribution in [0.5, 0.6) is 0 Å². The molecule has 0 fully saturated rings. The number of hydrogen-bond donors (Lipinski definition) is 3. The van der Waals surface area contributed by atoms with Gasteiger partial charge in [0.2, 0.25) is 5.91 Å². The predicted octanol–water partition coefficient (Wildman–Crippen LogP) is 0.482. The molecule has 0 aliphatic carbocycles. The van der Waals surface area contributed by atoms with Gasteiger partial charge in [-0.05, 0) is 12.1 Å². The van der Waals surface area contributed by atoms with Crippen LogP contribution in [0.3, 0.4) is 0 Å². The number of nitrogens with one attached hydrogen (secondary N) is 1. The predicted molar refractivity (Wildman–Crippen MR) is 71.4 cm³/mol. The summed E-state index contributed by atoms with van der Waals surface area (Å²) in [6.45, 7) is -0.658. The fourth-order valence-electron chi connectivity index (χ4n) is 1.46. The number of carboxylic acids is 1. The summed E-state index contributed by atoms with van der Waals surface area (Å²) in [7, 11) is 0. The quantitative estimate of drug-likeness (QED) is 0.664. The fraction of sp³-hybridized carbons (Fsp3) is 0.250. The van der Waals surface area contributed by atoms with Crippen LogP contribution in [0.2, 0.25) is 0 Å². The highest BCUT2D eigenvalue weighted by atomic mass is 32.2. The molecule has 0 saturated carbocycles. The molecular formula is C12H12N2O5S. The summed E-state index contributed by atoms with van der Waals surface area (Å²) in [5.41, 5.74) is 1.31. The molecule has 0 unspecified atom stereocenters. The summed E-state index contributed by atoms with van der Waals surface area (Å²) in [5, 5.41) is 20.0. The van der Waals surface area contributed by atoms with Gasteiger partial charge in [0, 0.05) is 0 Å². The van der Waals surface area contributed by atoms with Crippen molar-refractivity contribution in [3.63, 3.8) is 0 Å². The molecule has 3 N–H and O–H groups in total. The molecule has 0 spiro atoms. The summed E-state index contributed by atoms with van der Waals surface area (Å²) >= 11 is 1.05. The van der Waals surface area contributed by atoms with E-state index in [1.54, 1.807) is 12.1 Å². The van der Waals surface area contributed by atoms with Gasteiger partial charge in [0.15, 0.2) is 5.58 Å². The second-order valence-electron chi connectivity index (χ2n) is 3.88. The molecule has 7 nitrogen and oxygen atoms in total. The Bertz CT molecular complexity index is 594. The number of carbonyl (C=O) groups is 2. The van der Waals surface area contributed by atoms with Crippen LogP contribution in [0.25, 0.3) is 11.1 Å². The van der Waals surface area contributed by atoms with Gasteiger partial charge < -0.3 is 19.9 Å². The first kappa shape index (κ1) is 14.4. The van der Waals surface area contributed by atoms with E-state index in [9.17, 15) is 9.59 Å². The van der Waals surface area contributed by atoms with E-state index in [1.165, 1.54) is 0 Å². The monoisotopic (exact) mass is 296 g/mol. The Labute approximate surface area is 118 Å².